The highest BCUT2D eigenvalue weighted by atomic mass is 19.4. The van der Waals surface area contributed by atoms with Gasteiger partial charge < -0.3 is 29.6 Å². The normalized spacial score (nSPS) is 12.4. The monoisotopic (exact) mass is 630 g/mol. The Labute approximate surface area is 260 Å². The fourth-order valence-corrected chi connectivity index (χ4v) is 4.91. The maximum absolute atomic E-state index is 14.0. The van der Waals surface area contributed by atoms with E-state index in [0.717, 1.165) is 5.56 Å². The number of nitrogens with one attached hydrogen (secondary N) is 2. The van der Waals surface area contributed by atoms with Gasteiger partial charge in [-0.05, 0) is 66.8 Å². The molecule has 12 heteroatoms. The molecule has 0 spiro atoms. The Balaban J connectivity index is 1.93. The Hall–Kier alpha value is -4.74. The number of carbonyl (C=O) groups excluding carboxylic acids is 3. The molecule has 3 aromatic carbocycles. The van der Waals surface area contributed by atoms with Crippen LogP contribution in [0.25, 0.3) is 0 Å². The molecule has 0 aromatic heterocycles. The summed E-state index contributed by atoms with van der Waals surface area (Å²) in [5.41, 5.74) is 2.02. The Morgan fingerprint density at radius 2 is 1.49 bits per heavy atom. The summed E-state index contributed by atoms with van der Waals surface area (Å²) in [7, 11) is 2.96. The third-order valence-electron chi connectivity index (χ3n) is 6.93. The number of amides is 2. The highest BCUT2D eigenvalue weighted by Crippen LogP contribution is 2.39. The zero-order chi connectivity index (χ0) is 33.0. The van der Waals surface area contributed by atoms with Crippen LogP contribution < -0.4 is 24.8 Å². The second-order valence-corrected chi connectivity index (χ2v) is 9.98. The SMILES string of the molecule is CCC[C@@H](c1ccc(C(=O)NCCC(=O)OCC)cc1)[C@H](C(=O)Nc1ccc(OC)c(OC)c1)c1ccc(OC(F)(F)F)cc1. The molecule has 0 aliphatic heterocycles. The van der Waals surface area contributed by atoms with Crippen LogP contribution in [0.1, 0.15) is 66.4 Å². The number of methoxy groups -OCH3 is 2. The minimum atomic E-state index is -4.86. The van der Waals surface area contributed by atoms with E-state index in [0.29, 0.717) is 41.2 Å². The average molecular weight is 631 g/mol. The summed E-state index contributed by atoms with van der Waals surface area (Å²) in [6.45, 7) is 4.03. The summed E-state index contributed by atoms with van der Waals surface area (Å²) in [6.07, 6.45) is -3.57. The number of ether oxygens (including phenoxy) is 4. The van der Waals surface area contributed by atoms with E-state index in [9.17, 15) is 27.6 Å². The van der Waals surface area contributed by atoms with Crippen LogP contribution in [0.5, 0.6) is 17.2 Å². The van der Waals surface area contributed by atoms with Gasteiger partial charge in [0.2, 0.25) is 5.91 Å². The molecule has 2 N–H and O–H groups in total. The van der Waals surface area contributed by atoms with Crippen LogP contribution in [0.15, 0.2) is 66.7 Å². The van der Waals surface area contributed by atoms with Gasteiger partial charge in [0.25, 0.3) is 5.91 Å². The maximum Gasteiger partial charge on any atom is 0.573 e. The molecular weight excluding hydrogens is 593 g/mol. The molecule has 0 saturated carbocycles. The van der Waals surface area contributed by atoms with Gasteiger partial charge in [-0.2, -0.15) is 0 Å². The van der Waals surface area contributed by atoms with Gasteiger partial charge in [-0.15, -0.1) is 13.2 Å². The number of rotatable bonds is 15. The van der Waals surface area contributed by atoms with Crippen molar-refractivity contribution in [2.75, 3.05) is 32.7 Å². The maximum atomic E-state index is 14.0. The van der Waals surface area contributed by atoms with Crippen LogP contribution in [0.2, 0.25) is 0 Å². The fraction of sp³-hybridized carbons (Fsp3) is 0.364. The van der Waals surface area contributed by atoms with E-state index in [1.165, 1.54) is 38.5 Å². The van der Waals surface area contributed by atoms with Crippen LogP contribution >= 0.6 is 0 Å². The van der Waals surface area contributed by atoms with Crippen LogP contribution in [-0.4, -0.2) is 51.5 Å². The van der Waals surface area contributed by atoms with Gasteiger partial charge in [0, 0.05) is 23.9 Å². The molecule has 0 radical (unpaired) electrons. The first kappa shape index (κ1) is 34.7. The van der Waals surface area contributed by atoms with Crippen molar-refractivity contribution in [3.05, 3.63) is 83.4 Å². The zero-order valence-corrected chi connectivity index (χ0v) is 25.5. The van der Waals surface area contributed by atoms with Crippen LogP contribution in [0.3, 0.4) is 0 Å². The van der Waals surface area contributed by atoms with Crippen molar-refractivity contribution < 1.29 is 46.5 Å². The van der Waals surface area contributed by atoms with Crippen molar-refractivity contribution in [2.24, 2.45) is 0 Å². The van der Waals surface area contributed by atoms with Crippen LogP contribution in [0, 0.1) is 0 Å². The minimum Gasteiger partial charge on any atom is -0.493 e. The highest BCUT2D eigenvalue weighted by molar-refractivity contribution is 5.97. The van der Waals surface area contributed by atoms with Crippen molar-refractivity contribution in [3.8, 4) is 17.2 Å². The quantitative estimate of drug-likeness (QED) is 0.182. The number of halogens is 3. The number of hydrogen-bond donors (Lipinski definition) is 2. The van der Waals surface area contributed by atoms with Crippen LogP contribution in [0.4, 0.5) is 18.9 Å². The Kier molecular flexibility index (Phi) is 12.6. The molecular formula is C33H37F3N2O7. The Morgan fingerprint density at radius 1 is 0.844 bits per heavy atom. The Morgan fingerprint density at radius 3 is 2.07 bits per heavy atom. The molecule has 242 valence electrons. The van der Waals surface area contributed by atoms with E-state index in [1.54, 1.807) is 49.4 Å². The van der Waals surface area contributed by atoms with E-state index >= 15 is 0 Å². The summed E-state index contributed by atoms with van der Waals surface area (Å²) in [5, 5.41) is 5.59. The molecule has 3 aromatic rings. The van der Waals surface area contributed by atoms with E-state index in [1.807, 2.05) is 6.92 Å². The van der Waals surface area contributed by atoms with Gasteiger partial charge in [0.1, 0.15) is 5.75 Å². The molecule has 2 amide bonds. The molecule has 0 fully saturated rings. The first-order valence-corrected chi connectivity index (χ1v) is 14.4. The number of alkyl halides is 3. The molecule has 0 aliphatic carbocycles. The number of hydrogen-bond acceptors (Lipinski definition) is 7. The van der Waals surface area contributed by atoms with Gasteiger partial charge in [-0.3, -0.25) is 14.4 Å². The summed E-state index contributed by atoms with van der Waals surface area (Å²) in [6, 6.07) is 16.9. The molecule has 3 rings (SSSR count). The van der Waals surface area contributed by atoms with Crippen molar-refractivity contribution in [1.82, 2.24) is 5.32 Å². The smallest absolute Gasteiger partial charge is 0.493 e. The topological polar surface area (TPSA) is 112 Å². The van der Waals surface area contributed by atoms with Crippen molar-refractivity contribution in [2.45, 2.75) is 51.3 Å². The molecule has 0 bridgehead atoms. The van der Waals surface area contributed by atoms with Gasteiger partial charge in [-0.1, -0.05) is 37.6 Å². The molecule has 0 heterocycles. The lowest BCUT2D eigenvalue weighted by molar-refractivity contribution is -0.274. The predicted molar refractivity (Wildman–Crippen MR) is 162 cm³/mol. The highest BCUT2D eigenvalue weighted by Gasteiger charge is 2.33. The van der Waals surface area contributed by atoms with E-state index in [2.05, 4.69) is 15.4 Å². The lowest BCUT2D eigenvalue weighted by Crippen LogP contribution is -2.27. The largest absolute Gasteiger partial charge is 0.573 e. The number of anilines is 1. The molecule has 2 atom stereocenters. The van der Waals surface area contributed by atoms with Crippen molar-refractivity contribution >= 4 is 23.5 Å². The van der Waals surface area contributed by atoms with Crippen LogP contribution in [-0.2, 0) is 14.3 Å². The standard InChI is InChI=1S/C33H37F3N2O7/c1-5-7-26(21-8-10-23(11-9-21)31(40)37-19-18-29(39)44-6-2)30(22-12-15-25(16-13-22)45-33(34,35)36)32(41)38-24-14-17-27(42-3)28(20-24)43-4/h8-17,20,26,30H,5-7,18-19H2,1-4H3,(H,37,40)(H,38,41)/t26-,30+/m0/s1. The number of esters is 1. The van der Waals surface area contributed by atoms with E-state index in [-0.39, 0.29) is 25.5 Å². The summed E-state index contributed by atoms with van der Waals surface area (Å²) in [4.78, 5) is 38.2. The summed E-state index contributed by atoms with van der Waals surface area (Å²) in [5.74, 6) is -1.95. The fourth-order valence-electron chi connectivity index (χ4n) is 4.91. The molecule has 9 nitrogen and oxygen atoms in total. The molecule has 0 unspecified atom stereocenters. The first-order valence-electron chi connectivity index (χ1n) is 14.4. The van der Waals surface area contributed by atoms with Gasteiger partial charge in [-0.25, -0.2) is 0 Å². The van der Waals surface area contributed by atoms with Crippen molar-refractivity contribution in [1.29, 1.82) is 0 Å². The molecule has 0 saturated heterocycles. The van der Waals surface area contributed by atoms with E-state index < -0.39 is 35.8 Å². The second-order valence-electron chi connectivity index (χ2n) is 9.98. The third-order valence-corrected chi connectivity index (χ3v) is 6.93. The second kappa shape index (κ2) is 16.4. The lowest BCUT2D eigenvalue weighted by atomic mass is 9.78. The third kappa shape index (κ3) is 10.2. The van der Waals surface area contributed by atoms with E-state index in [4.69, 9.17) is 14.2 Å². The minimum absolute atomic E-state index is 0.0416. The number of carbonyl (C=O) groups is 3. The van der Waals surface area contributed by atoms with Crippen molar-refractivity contribution in [3.63, 3.8) is 0 Å². The zero-order valence-electron chi connectivity index (χ0n) is 25.5. The Bertz CT molecular complexity index is 1430. The summed E-state index contributed by atoms with van der Waals surface area (Å²) < 4.78 is 57.9. The average Bonchev–Trinajstić information content (AvgIpc) is 3.01. The molecule has 0 aliphatic rings. The van der Waals surface area contributed by atoms with Gasteiger partial charge in [0.15, 0.2) is 11.5 Å². The lowest BCUT2D eigenvalue weighted by Gasteiger charge is -2.28. The number of benzene rings is 3. The predicted octanol–water partition coefficient (Wildman–Crippen LogP) is 6.59. The summed E-state index contributed by atoms with van der Waals surface area (Å²) >= 11 is 0. The molecule has 45 heavy (non-hydrogen) atoms. The first-order chi connectivity index (χ1) is 21.5. The van der Waals surface area contributed by atoms with Gasteiger partial charge >= 0.3 is 12.3 Å². The van der Waals surface area contributed by atoms with Gasteiger partial charge in [0.05, 0.1) is 33.2 Å².